The molecule has 0 spiro atoms. The summed E-state index contributed by atoms with van der Waals surface area (Å²) in [4.78, 5) is 37.7. The van der Waals surface area contributed by atoms with E-state index in [1.165, 1.54) is 122 Å². The molecule has 0 aromatic rings. The molecule has 1 unspecified atom stereocenters. The maximum atomic E-state index is 12.7. The molecule has 0 saturated carbocycles. The average molecular weight is 787 g/mol. The molecule has 0 radical (unpaired) electrons. The van der Waals surface area contributed by atoms with Gasteiger partial charge in [0.2, 0.25) is 0 Å². The summed E-state index contributed by atoms with van der Waals surface area (Å²) in [5, 5.41) is 0. The van der Waals surface area contributed by atoms with Crippen LogP contribution in [0.3, 0.4) is 0 Å². The van der Waals surface area contributed by atoms with E-state index in [-0.39, 0.29) is 31.1 Å². The van der Waals surface area contributed by atoms with Gasteiger partial charge in [-0.3, -0.25) is 14.4 Å². The van der Waals surface area contributed by atoms with Crippen LogP contribution in [0.2, 0.25) is 0 Å². The van der Waals surface area contributed by atoms with Crippen molar-refractivity contribution < 1.29 is 28.6 Å². The van der Waals surface area contributed by atoms with Crippen LogP contribution in [-0.2, 0) is 28.6 Å². The third kappa shape index (κ3) is 42.8. The van der Waals surface area contributed by atoms with Gasteiger partial charge in [-0.15, -0.1) is 0 Å². The monoisotopic (exact) mass is 787 g/mol. The van der Waals surface area contributed by atoms with Crippen molar-refractivity contribution in [3.8, 4) is 0 Å². The Hall–Kier alpha value is -2.37. The fraction of sp³-hybridized carbons (Fsp3) is 0.820. The van der Waals surface area contributed by atoms with E-state index < -0.39 is 6.10 Å². The third-order valence-electron chi connectivity index (χ3n) is 10.4. The van der Waals surface area contributed by atoms with Gasteiger partial charge >= 0.3 is 17.9 Å². The van der Waals surface area contributed by atoms with Gasteiger partial charge in [-0.2, -0.15) is 0 Å². The van der Waals surface area contributed by atoms with Crippen LogP contribution in [0.5, 0.6) is 0 Å². The summed E-state index contributed by atoms with van der Waals surface area (Å²) in [6.07, 6.45) is 51.2. The Morgan fingerprint density at radius 3 is 1.04 bits per heavy atom. The molecule has 0 heterocycles. The lowest BCUT2D eigenvalue weighted by atomic mass is 10.1. The van der Waals surface area contributed by atoms with Crippen molar-refractivity contribution in [3.05, 3.63) is 36.5 Å². The first kappa shape index (κ1) is 53.6. The van der Waals surface area contributed by atoms with Crippen LogP contribution in [0.15, 0.2) is 36.5 Å². The van der Waals surface area contributed by atoms with Crippen LogP contribution < -0.4 is 0 Å². The van der Waals surface area contributed by atoms with Crippen molar-refractivity contribution in [1.82, 2.24) is 0 Å². The molecule has 326 valence electrons. The van der Waals surface area contributed by atoms with Crippen LogP contribution in [-0.4, -0.2) is 37.2 Å². The van der Waals surface area contributed by atoms with Gasteiger partial charge in [0.1, 0.15) is 13.2 Å². The van der Waals surface area contributed by atoms with E-state index in [1.54, 1.807) is 0 Å². The Balaban J connectivity index is 4.33. The number of carbonyl (C=O) groups excluding carboxylic acids is 3. The molecule has 0 aromatic carbocycles. The van der Waals surface area contributed by atoms with Gasteiger partial charge < -0.3 is 14.2 Å². The Kier molecular flexibility index (Phi) is 43.4. The van der Waals surface area contributed by atoms with Crippen molar-refractivity contribution in [2.24, 2.45) is 0 Å². The SMILES string of the molecule is CCCCC/C=C\C/C=C\CCCCCCCCCC(=O)OCC(COC(=O)CCCCCCCCCCC)OC(=O)CCCCCCC/C=C\CCCCC. The summed E-state index contributed by atoms with van der Waals surface area (Å²) in [7, 11) is 0. The fourth-order valence-corrected chi connectivity index (χ4v) is 6.70. The maximum Gasteiger partial charge on any atom is 0.306 e. The third-order valence-corrected chi connectivity index (χ3v) is 10.4. The van der Waals surface area contributed by atoms with Crippen molar-refractivity contribution in [2.45, 2.75) is 252 Å². The first-order valence-electron chi connectivity index (χ1n) is 24.0. The minimum atomic E-state index is -0.774. The van der Waals surface area contributed by atoms with E-state index in [1.807, 2.05) is 0 Å². The summed E-state index contributed by atoms with van der Waals surface area (Å²) in [6.45, 7) is 6.56. The molecular formula is C50H90O6. The zero-order valence-electron chi connectivity index (χ0n) is 37.2. The van der Waals surface area contributed by atoms with E-state index in [2.05, 4.69) is 57.2 Å². The zero-order valence-corrected chi connectivity index (χ0v) is 37.2. The summed E-state index contributed by atoms with van der Waals surface area (Å²) >= 11 is 0. The van der Waals surface area contributed by atoms with Gasteiger partial charge in [0.05, 0.1) is 0 Å². The molecule has 0 amide bonds. The lowest BCUT2D eigenvalue weighted by Crippen LogP contribution is -2.30. The van der Waals surface area contributed by atoms with Crippen LogP contribution in [0.1, 0.15) is 245 Å². The Bertz CT molecular complexity index is 953. The van der Waals surface area contributed by atoms with E-state index in [9.17, 15) is 14.4 Å². The molecule has 0 bridgehead atoms. The first-order chi connectivity index (χ1) is 27.5. The molecule has 0 fully saturated rings. The minimum Gasteiger partial charge on any atom is -0.462 e. The second-order valence-electron chi connectivity index (χ2n) is 16.0. The van der Waals surface area contributed by atoms with Crippen molar-refractivity contribution in [2.75, 3.05) is 13.2 Å². The number of rotatable bonds is 43. The summed E-state index contributed by atoms with van der Waals surface area (Å²) in [6, 6.07) is 0. The molecule has 0 rings (SSSR count). The van der Waals surface area contributed by atoms with Crippen molar-refractivity contribution >= 4 is 17.9 Å². The van der Waals surface area contributed by atoms with Crippen LogP contribution >= 0.6 is 0 Å². The van der Waals surface area contributed by atoms with Gasteiger partial charge in [0.25, 0.3) is 0 Å². The van der Waals surface area contributed by atoms with E-state index in [0.717, 1.165) is 83.5 Å². The van der Waals surface area contributed by atoms with Gasteiger partial charge in [0, 0.05) is 19.3 Å². The number of ether oxygens (including phenoxy) is 3. The number of hydrogen-bond acceptors (Lipinski definition) is 6. The maximum absolute atomic E-state index is 12.7. The molecule has 0 aliphatic rings. The Labute approximate surface area is 346 Å². The smallest absolute Gasteiger partial charge is 0.306 e. The second-order valence-corrected chi connectivity index (χ2v) is 16.0. The molecule has 6 heteroatoms. The van der Waals surface area contributed by atoms with Crippen LogP contribution in [0.25, 0.3) is 0 Å². The van der Waals surface area contributed by atoms with E-state index in [4.69, 9.17) is 14.2 Å². The quantitative estimate of drug-likeness (QED) is 0.0265. The number of unbranched alkanes of at least 4 members (excludes halogenated alkanes) is 26. The molecule has 0 aliphatic heterocycles. The number of esters is 3. The first-order valence-corrected chi connectivity index (χ1v) is 24.0. The summed E-state index contributed by atoms with van der Waals surface area (Å²) < 4.78 is 16.7. The van der Waals surface area contributed by atoms with Crippen molar-refractivity contribution in [1.29, 1.82) is 0 Å². The largest absolute Gasteiger partial charge is 0.462 e. The number of carbonyl (C=O) groups is 3. The molecule has 0 aliphatic carbocycles. The summed E-state index contributed by atoms with van der Waals surface area (Å²) in [5.74, 6) is -0.892. The van der Waals surface area contributed by atoms with E-state index >= 15 is 0 Å². The molecule has 6 nitrogen and oxygen atoms in total. The van der Waals surface area contributed by atoms with Gasteiger partial charge in [-0.1, -0.05) is 186 Å². The van der Waals surface area contributed by atoms with Crippen molar-refractivity contribution in [3.63, 3.8) is 0 Å². The second kappa shape index (κ2) is 45.3. The zero-order chi connectivity index (χ0) is 40.8. The highest BCUT2D eigenvalue weighted by molar-refractivity contribution is 5.71. The molecule has 1 atom stereocenters. The van der Waals surface area contributed by atoms with E-state index in [0.29, 0.717) is 19.3 Å². The van der Waals surface area contributed by atoms with Gasteiger partial charge in [-0.05, 0) is 77.0 Å². The van der Waals surface area contributed by atoms with Crippen LogP contribution in [0.4, 0.5) is 0 Å². The molecule has 0 N–H and O–H groups in total. The number of allylic oxidation sites excluding steroid dienone is 6. The minimum absolute atomic E-state index is 0.0762. The van der Waals surface area contributed by atoms with Crippen LogP contribution in [0, 0.1) is 0 Å². The topological polar surface area (TPSA) is 78.9 Å². The molecule has 0 saturated heterocycles. The average Bonchev–Trinajstić information content (AvgIpc) is 3.19. The predicted octanol–water partition coefficient (Wildman–Crippen LogP) is 15.4. The van der Waals surface area contributed by atoms with Gasteiger partial charge in [0.15, 0.2) is 6.10 Å². The lowest BCUT2D eigenvalue weighted by molar-refractivity contribution is -0.167. The number of hydrogen-bond donors (Lipinski definition) is 0. The molecule has 56 heavy (non-hydrogen) atoms. The molecular weight excluding hydrogens is 697 g/mol. The summed E-state index contributed by atoms with van der Waals surface area (Å²) in [5.41, 5.74) is 0. The highest BCUT2D eigenvalue weighted by Crippen LogP contribution is 2.14. The fourth-order valence-electron chi connectivity index (χ4n) is 6.70. The normalized spacial score (nSPS) is 12.3. The highest BCUT2D eigenvalue weighted by atomic mass is 16.6. The standard InChI is InChI=1S/C50H90O6/c1-4-7-10-13-16-19-21-23-24-25-26-27-29-31-34-37-40-43-49(52)55-46-47(45-54-48(51)42-39-36-33-30-18-15-12-9-6-3)56-50(53)44-41-38-35-32-28-22-20-17-14-11-8-5-2/h16-17,19-20,23-24,47H,4-15,18,21-22,25-46H2,1-3H3/b19-16-,20-17-,24-23-. The Morgan fingerprint density at radius 2 is 0.643 bits per heavy atom. The lowest BCUT2D eigenvalue weighted by Gasteiger charge is -2.18. The predicted molar refractivity (Wildman–Crippen MR) is 238 cm³/mol. The molecule has 0 aromatic heterocycles. The van der Waals surface area contributed by atoms with Gasteiger partial charge in [-0.25, -0.2) is 0 Å². The Morgan fingerprint density at radius 1 is 0.357 bits per heavy atom. The highest BCUT2D eigenvalue weighted by Gasteiger charge is 2.19.